The number of ether oxygens (including phenoxy) is 4. The summed E-state index contributed by atoms with van der Waals surface area (Å²) in [5.41, 5.74) is 0. The Balaban J connectivity index is 2.58. The van der Waals surface area contributed by atoms with Crippen molar-refractivity contribution in [3.05, 3.63) is 0 Å². The van der Waals surface area contributed by atoms with E-state index in [9.17, 15) is 20.4 Å². The van der Waals surface area contributed by atoms with Gasteiger partial charge in [0.05, 0.1) is 19.3 Å². The van der Waals surface area contributed by atoms with Crippen LogP contribution in [-0.2, 0) is 18.9 Å². The van der Waals surface area contributed by atoms with Gasteiger partial charge in [0.25, 0.3) is 0 Å². The molecule has 0 bridgehead atoms. The van der Waals surface area contributed by atoms with Gasteiger partial charge >= 0.3 is 0 Å². The summed E-state index contributed by atoms with van der Waals surface area (Å²) < 4.78 is 21.5. The Labute approximate surface area is 136 Å². The van der Waals surface area contributed by atoms with Crippen molar-refractivity contribution in [3.8, 4) is 0 Å². The minimum atomic E-state index is -1.22. The molecule has 1 saturated heterocycles. The van der Waals surface area contributed by atoms with Gasteiger partial charge in [0.2, 0.25) is 0 Å². The number of unbranched alkanes of at least 4 members (excludes halogenated alkanes) is 1. The molecule has 1 fully saturated rings. The minimum absolute atomic E-state index is 0.00772. The van der Waals surface area contributed by atoms with Crippen molar-refractivity contribution < 1.29 is 39.4 Å². The van der Waals surface area contributed by atoms with Crippen LogP contribution in [0.1, 0.15) is 26.7 Å². The number of hydrogen-bond donors (Lipinski definition) is 4. The first-order chi connectivity index (χ1) is 11.0. The molecule has 0 aromatic heterocycles. The second kappa shape index (κ2) is 10.5. The Morgan fingerprint density at radius 1 is 1.22 bits per heavy atom. The zero-order valence-corrected chi connectivity index (χ0v) is 14.0. The summed E-state index contributed by atoms with van der Waals surface area (Å²) in [6, 6.07) is 0. The van der Waals surface area contributed by atoms with Crippen LogP contribution in [0.25, 0.3) is 0 Å². The van der Waals surface area contributed by atoms with Gasteiger partial charge < -0.3 is 39.4 Å². The average molecular weight is 338 g/mol. The first kappa shape index (κ1) is 20.7. The quantitative estimate of drug-likeness (QED) is 0.376. The van der Waals surface area contributed by atoms with E-state index in [2.05, 4.69) is 0 Å². The Kier molecular flexibility index (Phi) is 9.48. The standard InChI is InChI=1S/C15H30O8/c1-4-5-6-21-11(9(2)17)8-22-15-13(19)14(20-3)12(18)10(7-16)23-15/h9-19H,4-8H2,1-3H3/t9-,10?,11?,12+,13?,14?,15-/m1/s1. The molecule has 0 aromatic carbocycles. The molecular formula is C15H30O8. The largest absolute Gasteiger partial charge is 0.394 e. The van der Waals surface area contributed by atoms with Gasteiger partial charge in [-0.2, -0.15) is 0 Å². The number of aliphatic hydroxyl groups is 4. The Bertz CT molecular complexity index is 314. The molecule has 1 aliphatic heterocycles. The molecule has 0 radical (unpaired) electrons. The molecule has 23 heavy (non-hydrogen) atoms. The van der Waals surface area contributed by atoms with Crippen LogP contribution in [0.2, 0.25) is 0 Å². The third-order valence-corrected chi connectivity index (χ3v) is 3.89. The molecule has 138 valence electrons. The lowest BCUT2D eigenvalue weighted by Crippen LogP contribution is -2.60. The summed E-state index contributed by atoms with van der Waals surface area (Å²) in [7, 11) is 1.35. The van der Waals surface area contributed by atoms with Crippen molar-refractivity contribution in [2.45, 2.75) is 69.6 Å². The number of aliphatic hydroxyl groups excluding tert-OH is 4. The van der Waals surface area contributed by atoms with Gasteiger partial charge in [0.1, 0.15) is 30.5 Å². The number of methoxy groups -OCH3 is 1. The van der Waals surface area contributed by atoms with Crippen molar-refractivity contribution in [2.24, 2.45) is 0 Å². The molecule has 0 spiro atoms. The van der Waals surface area contributed by atoms with Crippen LogP contribution in [0, 0.1) is 0 Å². The first-order valence-electron chi connectivity index (χ1n) is 8.02. The van der Waals surface area contributed by atoms with Crippen molar-refractivity contribution in [3.63, 3.8) is 0 Å². The van der Waals surface area contributed by atoms with Gasteiger partial charge in [0, 0.05) is 13.7 Å². The monoisotopic (exact) mass is 338 g/mol. The fraction of sp³-hybridized carbons (Fsp3) is 1.00. The molecule has 0 amide bonds. The van der Waals surface area contributed by atoms with Crippen LogP contribution in [0.5, 0.6) is 0 Å². The second-order valence-electron chi connectivity index (χ2n) is 5.74. The molecule has 8 nitrogen and oxygen atoms in total. The maximum Gasteiger partial charge on any atom is 0.186 e. The van der Waals surface area contributed by atoms with E-state index in [1.807, 2.05) is 6.92 Å². The lowest BCUT2D eigenvalue weighted by Gasteiger charge is -2.41. The summed E-state index contributed by atoms with van der Waals surface area (Å²) in [5, 5.41) is 39.1. The highest BCUT2D eigenvalue weighted by Crippen LogP contribution is 2.24. The molecule has 8 heteroatoms. The lowest BCUT2D eigenvalue weighted by molar-refractivity contribution is -0.310. The normalized spacial score (nSPS) is 34.3. The van der Waals surface area contributed by atoms with Crippen molar-refractivity contribution in [1.82, 2.24) is 0 Å². The predicted octanol–water partition coefficient (Wildman–Crippen LogP) is -0.977. The average Bonchev–Trinajstić information content (AvgIpc) is 2.52. The van der Waals surface area contributed by atoms with Gasteiger partial charge in [0.15, 0.2) is 6.29 Å². The van der Waals surface area contributed by atoms with Gasteiger partial charge in [-0.15, -0.1) is 0 Å². The van der Waals surface area contributed by atoms with E-state index >= 15 is 0 Å². The maximum absolute atomic E-state index is 10.2. The third-order valence-electron chi connectivity index (χ3n) is 3.89. The van der Waals surface area contributed by atoms with Crippen LogP contribution in [-0.4, -0.2) is 90.3 Å². The van der Waals surface area contributed by atoms with Crippen molar-refractivity contribution in [2.75, 3.05) is 26.9 Å². The summed E-state index contributed by atoms with van der Waals surface area (Å²) in [4.78, 5) is 0. The molecule has 4 unspecified atom stereocenters. The van der Waals surface area contributed by atoms with Crippen LogP contribution in [0.4, 0.5) is 0 Å². The van der Waals surface area contributed by atoms with E-state index in [0.29, 0.717) is 6.61 Å². The van der Waals surface area contributed by atoms with Gasteiger partial charge in [-0.3, -0.25) is 0 Å². The fourth-order valence-electron chi connectivity index (χ4n) is 2.36. The Morgan fingerprint density at radius 2 is 1.91 bits per heavy atom. The number of hydrogen-bond acceptors (Lipinski definition) is 8. The van der Waals surface area contributed by atoms with E-state index in [1.165, 1.54) is 7.11 Å². The van der Waals surface area contributed by atoms with Crippen LogP contribution >= 0.6 is 0 Å². The molecule has 0 aromatic rings. The fourth-order valence-corrected chi connectivity index (χ4v) is 2.36. The molecule has 4 N–H and O–H groups in total. The summed E-state index contributed by atoms with van der Waals surface area (Å²) >= 11 is 0. The van der Waals surface area contributed by atoms with Crippen LogP contribution < -0.4 is 0 Å². The molecule has 7 atom stereocenters. The zero-order valence-electron chi connectivity index (χ0n) is 14.0. The summed E-state index contributed by atoms with van der Waals surface area (Å²) in [5.74, 6) is 0. The number of rotatable bonds is 10. The highest BCUT2D eigenvalue weighted by Gasteiger charge is 2.45. The molecule has 0 aliphatic carbocycles. The van der Waals surface area contributed by atoms with Crippen molar-refractivity contribution >= 4 is 0 Å². The maximum atomic E-state index is 10.2. The lowest BCUT2D eigenvalue weighted by atomic mass is 9.99. The molecule has 1 heterocycles. The Hall–Kier alpha value is -0.320. The van der Waals surface area contributed by atoms with Gasteiger partial charge in [-0.1, -0.05) is 13.3 Å². The van der Waals surface area contributed by atoms with Crippen LogP contribution in [0.3, 0.4) is 0 Å². The SMILES string of the molecule is CCCCOC(CO[C@@H]1OC(CO)[C@H](O)C(OC)C1O)[C@@H](C)O. The second-order valence-corrected chi connectivity index (χ2v) is 5.74. The first-order valence-corrected chi connectivity index (χ1v) is 8.02. The van der Waals surface area contributed by atoms with Crippen molar-refractivity contribution in [1.29, 1.82) is 0 Å². The van der Waals surface area contributed by atoms with E-state index in [4.69, 9.17) is 18.9 Å². The predicted molar refractivity (Wildman–Crippen MR) is 80.8 cm³/mol. The van der Waals surface area contributed by atoms with E-state index in [0.717, 1.165) is 12.8 Å². The highest BCUT2D eigenvalue weighted by atomic mass is 16.7. The van der Waals surface area contributed by atoms with E-state index in [1.54, 1.807) is 6.92 Å². The minimum Gasteiger partial charge on any atom is -0.394 e. The van der Waals surface area contributed by atoms with Gasteiger partial charge in [-0.05, 0) is 13.3 Å². The zero-order chi connectivity index (χ0) is 17.4. The van der Waals surface area contributed by atoms with E-state index in [-0.39, 0.29) is 6.61 Å². The molecule has 0 saturated carbocycles. The topological polar surface area (TPSA) is 118 Å². The molecular weight excluding hydrogens is 308 g/mol. The third kappa shape index (κ3) is 5.91. The summed E-state index contributed by atoms with van der Waals surface area (Å²) in [6.07, 6.45) is -4.77. The van der Waals surface area contributed by atoms with Crippen LogP contribution in [0.15, 0.2) is 0 Å². The molecule has 1 aliphatic rings. The van der Waals surface area contributed by atoms with Gasteiger partial charge in [-0.25, -0.2) is 0 Å². The van der Waals surface area contributed by atoms with E-state index < -0.39 is 49.5 Å². The smallest absolute Gasteiger partial charge is 0.186 e. The summed E-state index contributed by atoms with van der Waals surface area (Å²) in [6.45, 7) is 3.71. The highest BCUT2D eigenvalue weighted by molar-refractivity contribution is 4.90. The Morgan fingerprint density at radius 3 is 2.43 bits per heavy atom. The molecule has 1 rings (SSSR count).